The fourth-order valence-corrected chi connectivity index (χ4v) is 2.95. The summed E-state index contributed by atoms with van der Waals surface area (Å²) < 4.78 is 1.79. The van der Waals surface area contributed by atoms with E-state index in [4.69, 9.17) is 5.73 Å². The summed E-state index contributed by atoms with van der Waals surface area (Å²) in [5.41, 5.74) is 7.18. The molecule has 3 rings (SSSR count). The van der Waals surface area contributed by atoms with Crippen molar-refractivity contribution < 1.29 is 15.0 Å². The van der Waals surface area contributed by atoms with E-state index in [-0.39, 0.29) is 36.8 Å². The van der Waals surface area contributed by atoms with Crippen molar-refractivity contribution in [3.05, 3.63) is 29.9 Å². The maximum Gasteiger partial charge on any atom is 0.278 e. The second-order valence-corrected chi connectivity index (χ2v) is 5.29. The molecule has 1 aromatic heterocycles. The molecule has 1 amide bonds. The summed E-state index contributed by atoms with van der Waals surface area (Å²) in [5.74, 6) is -0.699. The molecule has 1 saturated carbocycles. The van der Waals surface area contributed by atoms with Crippen molar-refractivity contribution in [2.75, 3.05) is 6.61 Å². The molecule has 0 aromatic carbocycles. The predicted octanol–water partition coefficient (Wildman–Crippen LogP) is -1.09. The first kappa shape index (κ1) is 13.8. The van der Waals surface area contributed by atoms with Crippen LogP contribution in [0, 0.1) is 5.92 Å². The van der Waals surface area contributed by atoms with E-state index in [9.17, 15) is 15.0 Å². The topological polar surface area (TPSA) is 126 Å². The van der Waals surface area contributed by atoms with Crippen LogP contribution in [0.25, 0.3) is 0 Å². The highest BCUT2D eigenvalue weighted by Crippen LogP contribution is 2.40. The number of carbonyl (C=O) groups excluding carboxylic acids is 1. The quantitative estimate of drug-likeness (QED) is 0.515. The Hall–Kier alpha value is -2.19. The van der Waals surface area contributed by atoms with Crippen LogP contribution in [0.2, 0.25) is 0 Å². The fourth-order valence-electron chi connectivity index (χ4n) is 2.95. The molecule has 1 fully saturated rings. The number of hydrogen-bond donors (Lipinski definition) is 4. The van der Waals surface area contributed by atoms with Crippen LogP contribution in [-0.2, 0) is 6.54 Å². The minimum Gasteiger partial charge on any atom is -0.396 e. The van der Waals surface area contributed by atoms with E-state index in [1.54, 1.807) is 10.9 Å². The Morgan fingerprint density at radius 3 is 3.00 bits per heavy atom. The average Bonchev–Trinajstić information content (AvgIpc) is 2.93. The van der Waals surface area contributed by atoms with E-state index in [0.717, 1.165) is 5.57 Å². The first-order valence-corrected chi connectivity index (χ1v) is 6.67. The monoisotopic (exact) mass is 291 g/mol. The van der Waals surface area contributed by atoms with Crippen LogP contribution >= 0.6 is 0 Å². The summed E-state index contributed by atoms with van der Waals surface area (Å²) in [6, 6.07) is -0.212. The van der Waals surface area contributed by atoms with Gasteiger partial charge < -0.3 is 20.5 Å². The normalized spacial score (nSPS) is 28.9. The van der Waals surface area contributed by atoms with Gasteiger partial charge in [0.05, 0.1) is 37.3 Å². The first-order chi connectivity index (χ1) is 10.0. The number of hydrogen-bond acceptors (Lipinski definition) is 6. The zero-order valence-electron chi connectivity index (χ0n) is 11.4. The van der Waals surface area contributed by atoms with Gasteiger partial charge >= 0.3 is 0 Å². The van der Waals surface area contributed by atoms with Crippen LogP contribution in [0.4, 0.5) is 0 Å². The van der Waals surface area contributed by atoms with Gasteiger partial charge in [-0.05, 0) is 12.0 Å². The largest absolute Gasteiger partial charge is 0.396 e. The summed E-state index contributed by atoms with van der Waals surface area (Å²) in [5, 5.41) is 21.8. The summed E-state index contributed by atoms with van der Waals surface area (Å²) in [6.45, 7) is 4.04. The summed E-state index contributed by atoms with van der Waals surface area (Å²) >= 11 is 0. The molecule has 3 atom stereocenters. The Balaban J connectivity index is 1.99. The van der Waals surface area contributed by atoms with E-state index >= 15 is 0 Å². The number of rotatable bonds is 2. The number of imidazole rings is 1. The highest BCUT2D eigenvalue weighted by Gasteiger charge is 2.38. The van der Waals surface area contributed by atoms with Crippen LogP contribution in [-0.4, -0.2) is 44.3 Å². The van der Waals surface area contributed by atoms with E-state index in [0.29, 0.717) is 12.1 Å². The van der Waals surface area contributed by atoms with Crippen LogP contribution in [0.5, 0.6) is 0 Å². The molecule has 2 heterocycles. The third kappa shape index (κ3) is 2.12. The number of aliphatic hydroxyl groups excluding tert-OH is 2. The van der Waals surface area contributed by atoms with E-state index in [1.807, 2.05) is 0 Å². The number of nitrogens with two attached hydrogens (primary N) is 1. The molecule has 21 heavy (non-hydrogen) atoms. The molecule has 0 saturated heterocycles. The van der Waals surface area contributed by atoms with Crippen LogP contribution in [0.1, 0.15) is 28.6 Å². The Morgan fingerprint density at radius 1 is 1.57 bits per heavy atom. The van der Waals surface area contributed by atoms with Crippen LogP contribution in [0.3, 0.4) is 0 Å². The molecule has 2 aliphatic rings. The van der Waals surface area contributed by atoms with Gasteiger partial charge in [-0.3, -0.25) is 10.1 Å². The fraction of sp³-hybridized carbons (Fsp3) is 0.462. The second-order valence-electron chi connectivity index (χ2n) is 5.29. The maximum absolute atomic E-state index is 12.0. The summed E-state index contributed by atoms with van der Waals surface area (Å²) in [6.07, 6.45) is 1.32. The van der Waals surface area contributed by atoms with Crippen molar-refractivity contribution in [3.63, 3.8) is 0 Å². The molecule has 3 unspecified atom stereocenters. The number of fused-ring (bicyclic) bond motifs is 1. The highest BCUT2D eigenvalue weighted by molar-refractivity contribution is 6.05. The Kier molecular flexibility index (Phi) is 3.26. The SMILES string of the molecule is C=C1C(CO)C(O)CC1n1cnc2c1CN=C(N)NC2=O. The van der Waals surface area contributed by atoms with Gasteiger partial charge in [0.25, 0.3) is 5.91 Å². The minimum atomic E-state index is -0.654. The third-order valence-corrected chi connectivity index (χ3v) is 4.12. The lowest BCUT2D eigenvalue weighted by atomic mass is 10.0. The molecule has 0 radical (unpaired) electrons. The van der Waals surface area contributed by atoms with Gasteiger partial charge in [-0.1, -0.05) is 6.58 Å². The minimum absolute atomic E-state index is 0.0584. The van der Waals surface area contributed by atoms with Gasteiger partial charge in [-0.2, -0.15) is 0 Å². The van der Waals surface area contributed by atoms with Gasteiger partial charge in [0.2, 0.25) is 0 Å². The third-order valence-electron chi connectivity index (χ3n) is 4.12. The number of aliphatic imine (C=N–C) groups is 1. The molecule has 8 nitrogen and oxygen atoms in total. The van der Waals surface area contributed by atoms with Crippen molar-refractivity contribution in [3.8, 4) is 0 Å². The molecule has 0 spiro atoms. The Labute approximate surface area is 121 Å². The number of carbonyl (C=O) groups is 1. The van der Waals surface area contributed by atoms with E-state index in [2.05, 4.69) is 21.9 Å². The number of guanidine groups is 1. The average molecular weight is 291 g/mol. The van der Waals surface area contributed by atoms with Gasteiger partial charge in [-0.25, -0.2) is 9.98 Å². The van der Waals surface area contributed by atoms with Gasteiger partial charge in [0.1, 0.15) is 0 Å². The lowest BCUT2D eigenvalue weighted by Crippen LogP contribution is -2.35. The van der Waals surface area contributed by atoms with Crippen molar-refractivity contribution in [1.29, 1.82) is 0 Å². The van der Waals surface area contributed by atoms with Crippen molar-refractivity contribution in [1.82, 2.24) is 14.9 Å². The molecule has 1 aromatic rings. The number of aliphatic hydroxyl groups is 2. The first-order valence-electron chi connectivity index (χ1n) is 6.67. The zero-order chi connectivity index (χ0) is 15.1. The zero-order valence-corrected chi connectivity index (χ0v) is 11.4. The van der Waals surface area contributed by atoms with Crippen molar-refractivity contribution in [2.45, 2.75) is 25.1 Å². The van der Waals surface area contributed by atoms with Gasteiger partial charge in [0.15, 0.2) is 11.7 Å². The molecule has 0 bridgehead atoms. The number of amides is 1. The summed E-state index contributed by atoms with van der Waals surface area (Å²) in [7, 11) is 0. The second kappa shape index (κ2) is 4.97. The van der Waals surface area contributed by atoms with E-state index in [1.165, 1.54) is 0 Å². The van der Waals surface area contributed by atoms with E-state index < -0.39 is 12.0 Å². The number of nitrogens with one attached hydrogen (secondary N) is 1. The molecule has 112 valence electrons. The molecule has 8 heteroatoms. The molecular weight excluding hydrogens is 274 g/mol. The lowest BCUT2D eigenvalue weighted by Gasteiger charge is -2.17. The van der Waals surface area contributed by atoms with Crippen LogP contribution < -0.4 is 11.1 Å². The maximum atomic E-state index is 12.0. The summed E-state index contributed by atoms with van der Waals surface area (Å²) in [4.78, 5) is 20.1. The Morgan fingerprint density at radius 2 is 2.33 bits per heavy atom. The smallest absolute Gasteiger partial charge is 0.278 e. The van der Waals surface area contributed by atoms with Gasteiger partial charge in [-0.15, -0.1) is 0 Å². The van der Waals surface area contributed by atoms with Crippen LogP contribution in [0.15, 0.2) is 23.5 Å². The molecule has 1 aliphatic carbocycles. The number of nitrogens with zero attached hydrogens (tertiary/aromatic N) is 3. The van der Waals surface area contributed by atoms with Crippen molar-refractivity contribution in [2.24, 2.45) is 16.6 Å². The van der Waals surface area contributed by atoms with Crippen molar-refractivity contribution >= 4 is 11.9 Å². The van der Waals surface area contributed by atoms with Gasteiger partial charge in [0, 0.05) is 5.92 Å². The number of aromatic nitrogens is 2. The Bertz CT molecular complexity index is 636. The molecular formula is C13H17N5O3. The lowest BCUT2D eigenvalue weighted by molar-refractivity contribution is 0.0972. The molecule has 1 aliphatic heterocycles. The highest BCUT2D eigenvalue weighted by atomic mass is 16.3. The standard InChI is InChI=1S/C13H17N5O3/c1-6-7(4-19)10(20)2-8(6)18-5-16-11-9(18)3-15-13(14)17-12(11)21/h5,7-8,10,19-20H,1-4H2,(H3,14,15,17,21). The molecule has 5 N–H and O–H groups in total. The predicted molar refractivity (Wildman–Crippen MR) is 74.4 cm³/mol.